The summed E-state index contributed by atoms with van der Waals surface area (Å²) in [5, 5.41) is 9.23. The zero-order chi connectivity index (χ0) is 18.8. The number of esters is 1. The Bertz CT molecular complexity index is 289. The molecule has 0 amide bonds. The van der Waals surface area contributed by atoms with Gasteiger partial charge in [-0.2, -0.15) is 0 Å². The van der Waals surface area contributed by atoms with Crippen molar-refractivity contribution in [3.63, 3.8) is 0 Å². The predicted molar refractivity (Wildman–Crippen MR) is 107 cm³/mol. The van der Waals surface area contributed by atoms with E-state index in [0.29, 0.717) is 12.8 Å². The van der Waals surface area contributed by atoms with Crippen molar-refractivity contribution in [1.29, 1.82) is 0 Å². The molecule has 0 aromatic heterocycles. The van der Waals surface area contributed by atoms with Gasteiger partial charge in [-0.25, -0.2) is 0 Å². The van der Waals surface area contributed by atoms with E-state index in [1.54, 1.807) is 6.92 Å². The molecule has 0 spiro atoms. The largest absolute Gasteiger partial charge is 0.463 e. The molecule has 0 aliphatic heterocycles. The molecular weight excluding hydrogens is 312 g/mol. The third-order valence-corrected chi connectivity index (χ3v) is 4.81. The summed E-state index contributed by atoms with van der Waals surface area (Å²) < 4.78 is 5.36. The second-order valence-corrected chi connectivity index (χ2v) is 7.72. The Morgan fingerprint density at radius 2 is 1.20 bits per heavy atom. The normalized spacial score (nSPS) is 13.6. The fraction of sp³-hybridized carbons (Fsp3) is 0.955. The van der Waals surface area contributed by atoms with Gasteiger partial charge in [0.2, 0.25) is 0 Å². The first-order valence-corrected chi connectivity index (χ1v) is 10.9. The Morgan fingerprint density at radius 1 is 0.760 bits per heavy atom. The minimum absolute atomic E-state index is 0.0796. The highest BCUT2D eigenvalue weighted by atomic mass is 16.5. The summed E-state index contributed by atoms with van der Waals surface area (Å²) in [6.45, 7) is 5.94. The van der Waals surface area contributed by atoms with Gasteiger partial charge >= 0.3 is 5.97 Å². The average Bonchev–Trinajstić information content (AvgIpc) is 2.57. The second kappa shape index (κ2) is 18.2. The Kier molecular flexibility index (Phi) is 17.8. The monoisotopic (exact) mass is 356 g/mol. The highest BCUT2D eigenvalue weighted by molar-refractivity contribution is 5.69. The number of hydrogen-bond donors (Lipinski definition) is 1. The summed E-state index contributed by atoms with van der Waals surface area (Å²) in [6, 6.07) is 0. The maximum Gasteiger partial charge on any atom is 0.306 e. The molecule has 0 aliphatic carbocycles. The van der Waals surface area contributed by atoms with E-state index in [1.165, 1.54) is 70.6 Å². The summed E-state index contributed by atoms with van der Waals surface area (Å²) in [4.78, 5) is 11.7. The van der Waals surface area contributed by atoms with Crippen LogP contribution in [0.1, 0.15) is 124 Å². The highest BCUT2D eigenvalue weighted by Gasteiger charge is 2.10. The molecule has 0 saturated heterocycles. The van der Waals surface area contributed by atoms with Crippen LogP contribution in [0.5, 0.6) is 0 Å². The van der Waals surface area contributed by atoms with Gasteiger partial charge in [0.1, 0.15) is 0 Å². The molecule has 2 atom stereocenters. The molecule has 0 bridgehead atoms. The lowest BCUT2D eigenvalue weighted by Crippen LogP contribution is -2.16. The Balaban J connectivity index is 3.25. The molecule has 3 heteroatoms. The zero-order valence-corrected chi connectivity index (χ0v) is 17.2. The Morgan fingerprint density at radius 3 is 1.64 bits per heavy atom. The van der Waals surface area contributed by atoms with Crippen LogP contribution in [0.3, 0.4) is 0 Å². The molecule has 2 unspecified atom stereocenters. The summed E-state index contributed by atoms with van der Waals surface area (Å²) in [5.41, 5.74) is 0. The molecule has 0 radical (unpaired) electrons. The zero-order valence-electron chi connectivity index (χ0n) is 17.2. The number of hydrogen-bond acceptors (Lipinski definition) is 3. The van der Waals surface area contributed by atoms with Crippen molar-refractivity contribution in [1.82, 2.24) is 0 Å². The topological polar surface area (TPSA) is 46.5 Å². The van der Waals surface area contributed by atoms with Crippen molar-refractivity contribution in [2.75, 3.05) is 0 Å². The average molecular weight is 357 g/mol. The van der Waals surface area contributed by atoms with Crippen molar-refractivity contribution < 1.29 is 14.6 Å². The van der Waals surface area contributed by atoms with Gasteiger partial charge in [-0.3, -0.25) is 4.79 Å². The van der Waals surface area contributed by atoms with Crippen LogP contribution in [0.4, 0.5) is 0 Å². The van der Waals surface area contributed by atoms with Crippen molar-refractivity contribution in [3.8, 4) is 0 Å². The maximum atomic E-state index is 11.7. The highest BCUT2D eigenvalue weighted by Crippen LogP contribution is 2.13. The molecule has 25 heavy (non-hydrogen) atoms. The molecular formula is C22H44O3. The number of rotatable bonds is 18. The van der Waals surface area contributed by atoms with Gasteiger partial charge in [0.15, 0.2) is 0 Å². The standard InChI is InChI=1S/C22H44O3/c1-4-5-6-7-8-9-10-11-12-13-14-15-16-17-22(24)25-21(3)19-18-20(2)23/h20-21,23H,4-19H2,1-3H3. The predicted octanol–water partition coefficient (Wildman–Crippen LogP) is 6.56. The van der Waals surface area contributed by atoms with E-state index in [2.05, 4.69) is 6.92 Å². The molecule has 150 valence electrons. The van der Waals surface area contributed by atoms with Crippen molar-refractivity contribution in [2.45, 2.75) is 136 Å². The molecule has 0 aromatic rings. The van der Waals surface area contributed by atoms with E-state index >= 15 is 0 Å². The lowest BCUT2D eigenvalue weighted by Gasteiger charge is -2.14. The number of aliphatic hydroxyl groups is 1. The van der Waals surface area contributed by atoms with Gasteiger partial charge in [-0.1, -0.05) is 84.0 Å². The van der Waals surface area contributed by atoms with Crippen LogP contribution in [0.25, 0.3) is 0 Å². The van der Waals surface area contributed by atoms with Crippen LogP contribution in [0.15, 0.2) is 0 Å². The first-order chi connectivity index (χ1) is 12.1. The van der Waals surface area contributed by atoms with Crippen molar-refractivity contribution in [2.24, 2.45) is 0 Å². The number of aliphatic hydroxyl groups excluding tert-OH is 1. The maximum absolute atomic E-state index is 11.7. The van der Waals surface area contributed by atoms with E-state index < -0.39 is 0 Å². The van der Waals surface area contributed by atoms with E-state index in [-0.39, 0.29) is 18.2 Å². The van der Waals surface area contributed by atoms with Gasteiger partial charge in [0.25, 0.3) is 0 Å². The van der Waals surface area contributed by atoms with Crippen LogP contribution < -0.4 is 0 Å². The van der Waals surface area contributed by atoms with E-state index in [0.717, 1.165) is 19.3 Å². The van der Waals surface area contributed by atoms with Gasteiger partial charge in [0.05, 0.1) is 12.2 Å². The third-order valence-electron chi connectivity index (χ3n) is 4.81. The summed E-state index contributed by atoms with van der Waals surface area (Å²) >= 11 is 0. The third kappa shape index (κ3) is 19.6. The molecule has 3 nitrogen and oxygen atoms in total. The Labute approximate surface area is 156 Å². The second-order valence-electron chi connectivity index (χ2n) is 7.72. The van der Waals surface area contributed by atoms with Crippen LogP contribution >= 0.6 is 0 Å². The van der Waals surface area contributed by atoms with Gasteiger partial charge in [0, 0.05) is 6.42 Å². The van der Waals surface area contributed by atoms with Gasteiger partial charge < -0.3 is 9.84 Å². The minimum atomic E-state index is -0.317. The molecule has 0 heterocycles. The number of ether oxygens (including phenoxy) is 1. The molecule has 0 saturated carbocycles. The molecule has 1 N–H and O–H groups in total. The first kappa shape index (κ1) is 24.4. The molecule has 0 aliphatic rings. The first-order valence-electron chi connectivity index (χ1n) is 10.9. The smallest absolute Gasteiger partial charge is 0.306 e. The number of unbranched alkanes of at least 4 members (excludes halogenated alkanes) is 12. The van der Waals surface area contributed by atoms with Crippen molar-refractivity contribution in [3.05, 3.63) is 0 Å². The van der Waals surface area contributed by atoms with Gasteiger partial charge in [-0.05, 0) is 33.1 Å². The lowest BCUT2D eigenvalue weighted by molar-refractivity contribution is -0.148. The fourth-order valence-corrected chi connectivity index (χ4v) is 3.11. The van der Waals surface area contributed by atoms with Crippen LogP contribution in [0, 0.1) is 0 Å². The minimum Gasteiger partial charge on any atom is -0.463 e. The van der Waals surface area contributed by atoms with E-state index in [1.807, 2.05) is 6.92 Å². The van der Waals surface area contributed by atoms with E-state index in [9.17, 15) is 9.90 Å². The molecule has 0 rings (SSSR count). The quantitative estimate of drug-likeness (QED) is 0.223. The van der Waals surface area contributed by atoms with Gasteiger partial charge in [-0.15, -0.1) is 0 Å². The fourth-order valence-electron chi connectivity index (χ4n) is 3.11. The SMILES string of the molecule is CCCCCCCCCCCCCCCC(=O)OC(C)CCC(C)O. The van der Waals surface area contributed by atoms with Crippen LogP contribution in [-0.4, -0.2) is 23.3 Å². The summed E-state index contributed by atoms with van der Waals surface area (Å²) in [6.07, 6.45) is 18.7. The van der Waals surface area contributed by atoms with Crippen LogP contribution in [0.2, 0.25) is 0 Å². The van der Waals surface area contributed by atoms with Crippen LogP contribution in [-0.2, 0) is 9.53 Å². The Hall–Kier alpha value is -0.570. The van der Waals surface area contributed by atoms with Crippen molar-refractivity contribution >= 4 is 5.97 Å². The number of carbonyl (C=O) groups is 1. The van der Waals surface area contributed by atoms with E-state index in [4.69, 9.17) is 4.74 Å². The molecule has 0 aromatic carbocycles. The summed E-state index contributed by atoms with van der Waals surface area (Å²) in [7, 11) is 0. The lowest BCUT2D eigenvalue weighted by atomic mass is 10.0. The molecule has 0 fully saturated rings. The number of carbonyl (C=O) groups excluding carboxylic acids is 1. The summed E-state index contributed by atoms with van der Waals surface area (Å²) in [5.74, 6) is -0.0823.